The van der Waals surface area contributed by atoms with Crippen molar-refractivity contribution in [2.75, 3.05) is 49.1 Å². The Balaban J connectivity index is 1.42. The molecule has 3 saturated heterocycles. The van der Waals surface area contributed by atoms with Gasteiger partial charge in [0.25, 0.3) is 0 Å². The molecule has 3 aliphatic rings. The van der Waals surface area contributed by atoms with Gasteiger partial charge in [0.2, 0.25) is 0 Å². The third-order valence-corrected chi connectivity index (χ3v) is 6.44. The number of piperazine rings is 1. The minimum Gasteiger partial charge on any atom is -0.481 e. The van der Waals surface area contributed by atoms with Crippen LogP contribution in [0.1, 0.15) is 33.6 Å². The fraction of sp³-hybridized carbons (Fsp3) is 0.609. The summed E-state index contributed by atoms with van der Waals surface area (Å²) in [4.78, 5) is 43.2. The van der Waals surface area contributed by atoms with Crippen LogP contribution in [0.2, 0.25) is 0 Å². The molecule has 1 unspecified atom stereocenters. The molecular formula is C23H31FN4O5. The summed E-state index contributed by atoms with van der Waals surface area (Å²) < 4.78 is 20.5. The Labute approximate surface area is 192 Å². The number of urea groups is 1. The molecule has 9 nitrogen and oxygen atoms in total. The molecule has 0 spiro atoms. The van der Waals surface area contributed by atoms with Gasteiger partial charge in [-0.25, -0.2) is 14.0 Å². The first-order valence-corrected chi connectivity index (χ1v) is 11.4. The van der Waals surface area contributed by atoms with Crippen LogP contribution in [0.3, 0.4) is 0 Å². The van der Waals surface area contributed by atoms with Crippen molar-refractivity contribution in [3.63, 3.8) is 0 Å². The number of fused-ring (bicyclic) bond motifs is 1. The summed E-state index contributed by atoms with van der Waals surface area (Å²) in [7, 11) is 0. The lowest BCUT2D eigenvalue weighted by Crippen LogP contribution is -2.54. The van der Waals surface area contributed by atoms with Gasteiger partial charge in [0.15, 0.2) is 0 Å². The maximum absolute atomic E-state index is 15.1. The van der Waals surface area contributed by atoms with Crippen LogP contribution in [-0.2, 0) is 9.53 Å². The Bertz CT molecular complexity index is 941. The minimum atomic E-state index is -0.787. The zero-order valence-electron chi connectivity index (χ0n) is 19.3. The molecule has 0 aromatic heterocycles. The Morgan fingerprint density at radius 2 is 1.79 bits per heavy atom. The van der Waals surface area contributed by atoms with Gasteiger partial charge in [-0.1, -0.05) is 0 Å². The van der Waals surface area contributed by atoms with Crippen LogP contribution in [0.25, 0.3) is 0 Å². The number of hydrogen-bond acceptors (Lipinski definition) is 5. The first kappa shape index (κ1) is 23.1. The van der Waals surface area contributed by atoms with E-state index in [0.717, 1.165) is 0 Å². The van der Waals surface area contributed by atoms with Gasteiger partial charge in [-0.05, 0) is 51.8 Å². The fourth-order valence-corrected chi connectivity index (χ4v) is 4.70. The highest BCUT2D eigenvalue weighted by atomic mass is 19.1. The van der Waals surface area contributed by atoms with Crippen molar-refractivity contribution in [2.45, 2.75) is 45.3 Å². The van der Waals surface area contributed by atoms with E-state index in [0.29, 0.717) is 57.8 Å². The number of ether oxygens (including phenoxy) is 1. The molecule has 3 fully saturated rings. The van der Waals surface area contributed by atoms with E-state index < -0.39 is 23.5 Å². The summed E-state index contributed by atoms with van der Waals surface area (Å²) in [6.07, 6.45) is 0.637. The molecule has 33 heavy (non-hydrogen) atoms. The zero-order chi connectivity index (χ0) is 23.9. The summed E-state index contributed by atoms with van der Waals surface area (Å²) >= 11 is 0. The number of aliphatic carboxylic acids is 1. The van der Waals surface area contributed by atoms with Gasteiger partial charge in [0.05, 0.1) is 24.2 Å². The topological polar surface area (TPSA) is 93.6 Å². The van der Waals surface area contributed by atoms with Crippen LogP contribution in [0.15, 0.2) is 18.2 Å². The lowest BCUT2D eigenvalue weighted by Gasteiger charge is -2.36. The van der Waals surface area contributed by atoms with Crippen molar-refractivity contribution in [3.8, 4) is 0 Å². The van der Waals surface area contributed by atoms with E-state index in [1.807, 2.05) is 25.7 Å². The number of benzene rings is 1. The van der Waals surface area contributed by atoms with Gasteiger partial charge in [-0.2, -0.15) is 0 Å². The van der Waals surface area contributed by atoms with Gasteiger partial charge in [-0.3, -0.25) is 9.69 Å². The highest BCUT2D eigenvalue weighted by molar-refractivity contribution is 5.95. The van der Waals surface area contributed by atoms with E-state index in [4.69, 9.17) is 9.84 Å². The molecule has 1 aromatic rings. The second-order valence-corrected chi connectivity index (χ2v) is 9.90. The van der Waals surface area contributed by atoms with Crippen molar-refractivity contribution >= 4 is 29.5 Å². The lowest BCUT2D eigenvalue weighted by atomic mass is 9.97. The Morgan fingerprint density at radius 1 is 1.09 bits per heavy atom. The molecule has 0 saturated carbocycles. The first-order valence-electron chi connectivity index (χ1n) is 11.4. The average Bonchev–Trinajstić information content (AvgIpc) is 3.08. The molecule has 10 heteroatoms. The fourth-order valence-electron chi connectivity index (χ4n) is 4.70. The summed E-state index contributed by atoms with van der Waals surface area (Å²) in [5.74, 6) is -1.64. The number of amides is 3. The van der Waals surface area contributed by atoms with E-state index in [2.05, 4.69) is 0 Å². The predicted octanol–water partition coefficient (Wildman–Crippen LogP) is 2.99. The van der Waals surface area contributed by atoms with Crippen molar-refractivity contribution in [2.24, 2.45) is 5.92 Å². The number of carbonyl (C=O) groups is 3. The first-order chi connectivity index (χ1) is 15.5. The van der Waals surface area contributed by atoms with Crippen molar-refractivity contribution in [1.29, 1.82) is 0 Å². The number of piperidine rings is 1. The maximum Gasteiger partial charge on any atom is 0.410 e. The van der Waals surface area contributed by atoms with E-state index >= 15 is 4.39 Å². The number of carboxylic acid groups (broad SMARTS) is 1. The largest absolute Gasteiger partial charge is 0.481 e. The third-order valence-electron chi connectivity index (χ3n) is 6.44. The summed E-state index contributed by atoms with van der Waals surface area (Å²) in [5, 5.41) is 9.16. The Kier molecular flexibility index (Phi) is 6.11. The smallest absolute Gasteiger partial charge is 0.410 e. The lowest BCUT2D eigenvalue weighted by molar-refractivity contribution is -0.142. The normalized spacial score (nSPS) is 21.9. The third kappa shape index (κ3) is 4.84. The summed E-state index contributed by atoms with van der Waals surface area (Å²) in [6.45, 7) is 7.90. The van der Waals surface area contributed by atoms with Crippen LogP contribution < -0.4 is 9.80 Å². The average molecular weight is 463 g/mol. The molecule has 0 aliphatic carbocycles. The highest BCUT2D eigenvalue weighted by Gasteiger charge is 2.43. The number of carboxylic acids is 1. The highest BCUT2D eigenvalue weighted by Crippen LogP contribution is 2.32. The molecule has 3 heterocycles. The molecule has 3 aliphatic heterocycles. The van der Waals surface area contributed by atoms with Gasteiger partial charge in [-0.15, -0.1) is 0 Å². The van der Waals surface area contributed by atoms with Crippen molar-refractivity contribution in [1.82, 2.24) is 9.80 Å². The maximum atomic E-state index is 15.1. The Hall–Kier alpha value is -3.04. The molecule has 1 atom stereocenters. The van der Waals surface area contributed by atoms with E-state index in [1.54, 1.807) is 21.9 Å². The number of halogens is 1. The molecular weight excluding hydrogens is 431 g/mol. The van der Waals surface area contributed by atoms with Gasteiger partial charge >= 0.3 is 18.1 Å². The number of nitrogens with zero attached hydrogens (tertiary/aromatic N) is 4. The number of hydrogen-bond donors (Lipinski definition) is 1. The van der Waals surface area contributed by atoms with Crippen LogP contribution in [0, 0.1) is 11.7 Å². The van der Waals surface area contributed by atoms with Crippen LogP contribution in [0.5, 0.6) is 0 Å². The van der Waals surface area contributed by atoms with E-state index in [9.17, 15) is 14.4 Å². The van der Waals surface area contributed by atoms with E-state index in [1.165, 1.54) is 11.0 Å². The van der Waals surface area contributed by atoms with Crippen LogP contribution >= 0.6 is 0 Å². The number of anilines is 2. The number of rotatable bonds is 3. The second-order valence-electron chi connectivity index (χ2n) is 9.90. The summed E-state index contributed by atoms with van der Waals surface area (Å²) in [5.41, 5.74) is 0.294. The molecule has 180 valence electrons. The molecule has 4 rings (SSSR count). The standard InChI is InChI=1S/C23H31FN4O5/c1-23(2,3)33-22(32)26-10-11-27-17(13-26)14-28(21(27)31)19-5-4-16(12-18(19)24)25-8-6-15(7-9-25)20(29)30/h4-5,12,15,17H,6-11,13-14H2,1-3H3,(H,29,30). The molecule has 0 bridgehead atoms. The van der Waals surface area contributed by atoms with Crippen LogP contribution in [-0.4, -0.2) is 83.9 Å². The number of carbonyl (C=O) groups excluding carboxylic acids is 2. The van der Waals surface area contributed by atoms with Crippen LogP contribution in [0.4, 0.5) is 25.4 Å². The molecule has 1 N–H and O–H groups in total. The second kappa shape index (κ2) is 8.72. The van der Waals surface area contributed by atoms with Crippen molar-refractivity contribution in [3.05, 3.63) is 24.0 Å². The molecule has 0 radical (unpaired) electrons. The predicted molar refractivity (Wildman–Crippen MR) is 120 cm³/mol. The summed E-state index contributed by atoms with van der Waals surface area (Å²) in [6, 6.07) is 4.30. The van der Waals surface area contributed by atoms with Crippen molar-refractivity contribution < 1.29 is 28.6 Å². The Morgan fingerprint density at radius 3 is 2.39 bits per heavy atom. The molecule has 1 aromatic carbocycles. The van der Waals surface area contributed by atoms with Gasteiger partial charge < -0.3 is 24.5 Å². The monoisotopic (exact) mass is 462 g/mol. The minimum absolute atomic E-state index is 0.211. The molecule has 3 amide bonds. The van der Waals surface area contributed by atoms with E-state index in [-0.39, 0.29) is 23.7 Å². The van der Waals surface area contributed by atoms with Gasteiger partial charge in [0.1, 0.15) is 11.4 Å². The van der Waals surface area contributed by atoms with Gasteiger partial charge in [0, 0.05) is 38.4 Å². The quantitative estimate of drug-likeness (QED) is 0.742. The SMILES string of the molecule is CC(C)(C)OC(=O)N1CCN2C(=O)N(c3ccc(N4CCC(C(=O)O)CC4)cc3F)CC2C1. The zero-order valence-corrected chi connectivity index (χ0v) is 19.3.